The highest BCUT2D eigenvalue weighted by atomic mass is 16.6. The highest BCUT2D eigenvalue weighted by Gasteiger charge is 2.30. The Kier molecular flexibility index (Phi) is 4.52. The Bertz CT molecular complexity index is 609. The van der Waals surface area contributed by atoms with Gasteiger partial charge < -0.3 is 9.64 Å². The number of carbonyl (C=O) groups is 2. The molecule has 0 atom stereocenters. The smallest absolute Gasteiger partial charge is 0.416 e. The van der Waals surface area contributed by atoms with Crippen LogP contribution in [0.5, 0.6) is 0 Å². The number of aryl methyl sites for hydroxylation is 1. The fourth-order valence-electron chi connectivity index (χ4n) is 3.12. The molecule has 2 heterocycles. The lowest BCUT2D eigenvalue weighted by Crippen LogP contribution is -2.50. The van der Waals surface area contributed by atoms with Gasteiger partial charge in [-0.25, -0.2) is 9.69 Å². The van der Waals surface area contributed by atoms with Crippen molar-refractivity contribution < 1.29 is 14.3 Å². The third kappa shape index (κ3) is 3.32. The summed E-state index contributed by atoms with van der Waals surface area (Å²) in [5.74, 6) is -0.160. The maximum Gasteiger partial charge on any atom is 0.416 e. The van der Waals surface area contributed by atoms with Crippen LogP contribution < -0.4 is 4.90 Å². The second-order valence-corrected chi connectivity index (χ2v) is 6.14. The Morgan fingerprint density at radius 1 is 1.13 bits per heavy atom. The maximum atomic E-state index is 12.1. The normalized spacial score (nSPS) is 19.1. The van der Waals surface area contributed by atoms with E-state index in [0.29, 0.717) is 13.2 Å². The third-order valence-electron chi connectivity index (χ3n) is 4.71. The van der Waals surface area contributed by atoms with Crippen molar-refractivity contribution in [3.8, 4) is 0 Å². The first kappa shape index (κ1) is 15.8. The van der Waals surface area contributed by atoms with Crippen LogP contribution in [0, 0.1) is 13.8 Å². The van der Waals surface area contributed by atoms with E-state index in [9.17, 15) is 9.59 Å². The molecule has 0 aliphatic carbocycles. The Labute approximate surface area is 136 Å². The summed E-state index contributed by atoms with van der Waals surface area (Å²) >= 11 is 0. The molecule has 2 aliphatic heterocycles. The van der Waals surface area contributed by atoms with Gasteiger partial charge in [0, 0.05) is 31.9 Å². The number of anilines is 1. The standard InChI is InChI=1S/C17H23N3O3/c1-13-4-3-5-15(14(13)2)19-8-6-18(7-9-19)12-16(21)20-10-11-23-17(20)22/h3-5H,6-12H2,1-2H3. The summed E-state index contributed by atoms with van der Waals surface area (Å²) in [5.41, 5.74) is 3.89. The minimum absolute atomic E-state index is 0.160. The van der Waals surface area contributed by atoms with Gasteiger partial charge in [0.15, 0.2) is 0 Å². The van der Waals surface area contributed by atoms with Crippen LogP contribution in [0.1, 0.15) is 11.1 Å². The molecule has 0 bridgehead atoms. The van der Waals surface area contributed by atoms with Crippen LogP contribution in [0.25, 0.3) is 0 Å². The first-order valence-electron chi connectivity index (χ1n) is 8.07. The lowest BCUT2D eigenvalue weighted by molar-refractivity contribution is -0.129. The van der Waals surface area contributed by atoms with E-state index >= 15 is 0 Å². The molecule has 0 saturated carbocycles. The molecule has 2 amide bonds. The summed E-state index contributed by atoms with van der Waals surface area (Å²) in [5, 5.41) is 0. The number of benzene rings is 1. The molecule has 2 fully saturated rings. The number of hydrogen-bond donors (Lipinski definition) is 0. The topological polar surface area (TPSA) is 53.1 Å². The quantitative estimate of drug-likeness (QED) is 0.843. The van der Waals surface area contributed by atoms with Crippen molar-refractivity contribution in [2.24, 2.45) is 0 Å². The molecule has 0 radical (unpaired) electrons. The zero-order valence-corrected chi connectivity index (χ0v) is 13.7. The molecule has 1 aromatic carbocycles. The Morgan fingerprint density at radius 2 is 1.87 bits per heavy atom. The Balaban J connectivity index is 1.55. The molecule has 0 unspecified atom stereocenters. The average Bonchev–Trinajstić information content (AvgIpc) is 2.97. The monoisotopic (exact) mass is 317 g/mol. The molecule has 1 aromatic rings. The second-order valence-electron chi connectivity index (χ2n) is 6.14. The number of carbonyl (C=O) groups excluding carboxylic acids is 2. The van der Waals surface area contributed by atoms with E-state index in [4.69, 9.17) is 4.74 Å². The SMILES string of the molecule is Cc1cccc(N2CCN(CC(=O)N3CCOC3=O)CC2)c1C. The molecule has 0 spiro atoms. The molecule has 124 valence electrons. The minimum atomic E-state index is -0.510. The maximum absolute atomic E-state index is 12.1. The highest BCUT2D eigenvalue weighted by Crippen LogP contribution is 2.23. The molecule has 0 N–H and O–H groups in total. The van der Waals surface area contributed by atoms with Crippen molar-refractivity contribution in [1.29, 1.82) is 0 Å². The number of imide groups is 1. The molecule has 23 heavy (non-hydrogen) atoms. The summed E-state index contributed by atoms with van der Waals surface area (Å²) in [7, 11) is 0. The van der Waals surface area contributed by atoms with Crippen molar-refractivity contribution in [3.05, 3.63) is 29.3 Å². The molecular weight excluding hydrogens is 294 g/mol. The van der Waals surface area contributed by atoms with Crippen LogP contribution in [0.3, 0.4) is 0 Å². The molecule has 3 rings (SSSR count). The van der Waals surface area contributed by atoms with Gasteiger partial charge in [-0.1, -0.05) is 12.1 Å². The molecule has 6 nitrogen and oxygen atoms in total. The van der Waals surface area contributed by atoms with E-state index in [1.165, 1.54) is 21.7 Å². The van der Waals surface area contributed by atoms with E-state index in [1.54, 1.807) is 0 Å². The van der Waals surface area contributed by atoms with Crippen LogP contribution in [0.2, 0.25) is 0 Å². The number of nitrogens with zero attached hydrogens (tertiary/aromatic N) is 3. The van der Waals surface area contributed by atoms with Crippen LogP contribution in [0.15, 0.2) is 18.2 Å². The lowest BCUT2D eigenvalue weighted by atomic mass is 10.1. The van der Waals surface area contributed by atoms with Crippen molar-refractivity contribution in [2.45, 2.75) is 13.8 Å². The van der Waals surface area contributed by atoms with Crippen LogP contribution >= 0.6 is 0 Å². The van der Waals surface area contributed by atoms with Crippen molar-refractivity contribution in [1.82, 2.24) is 9.80 Å². The predicted molar refractivity (Wildman–Crippen MR) is 87.6 cm³/mol. The molecular formula is C17H23N3O3. The summed E-state index contributed by atoms with van der Waals surface area (Å²) in [6.45, 7) is 8.68. The van der Waals surface area contributed by atoms with Gasteiger partial charge in [0.1, 0.15) is 6.61 Å². The second kappa shape index (κ2) is 6.58. The van der Waals surface area contributed by atoms with E-state index < -0.39 is 6.09 Å². The van der Waals surface area contributed by atoms with E-state index in [2.05, 4.69) is 41.8 Å². The molecule has 6 heteroatoms. The predicted octanol–water partition coefficient (Wildman–Crippen LogP) is 1.40. The van der Waals surface area contributed by atoms with E-state index in [-0.39, 0.29) is 12.5 Å². The lowest BCUT2D eigenvalue weighted by Gasteiger charge is -2.37. The number of piperazine rings is 1. The number of rotatable bonds is 3. The van der Waals surface area contributed by atoms with Gasteiger partial charge in [-0.3, -0.25) is 9.69 Å². The summed E-state index contributed by atoms with van der Waals surface area (Å²) < 4.78 is 4.81. The first-order chi connectivity index (χ1) is 11.1. The molecule has 2 aliphatic rings. The van der Waals surface area contributed by atoms with Gasteiger partial charge in [-0.15, -0.1) is 0 Å². The summed E-state index contributed by atoms with van der Waals surface area (Å²) in [6.07, 6.45) is -0.510. The van der Waals surface area contributed by atoms with Gasteiger partial charge in [-0.05, 0) is 31.0 Å². The van der Waals surface area contributed by atoms with Gasteiger partial charge in [0.25, 0.3) is 0 Å². The number of cyclic esters (lactones) is 1. The summed E-state index contributed by atoms with van der Waals surface area (Å²) in [6, 6.07) is 6.37. The fourth-order valence-corrected chi connectivity index (χ4v) is 3.12. The number of hydrogen-bond acceptors (Lipinski definition) is 5. The number of ether oxygens (including phenoxy) is 1. The van der Waals surface area contributed by atoms with Gasteiger partial charge in [0.05, 0.1) is 13.1 Å². The zero-order chi connectivity index (χ0) is 16.4. The van der Waals surface area contributed by atoms with Gasteiger partial charge in [0.2, 0.25) is 5.91 Å². The zero-order valence-electron chi connectivity index (χ0n) is 13.7. The van der Waals surface area contributed by atoms with E-state index in [1.807, 2.05) is 0 Å². The molecule has 0 aromatic heterocycles. The van der Waals surface area contributed by atoms with Crippen molar-refractivity contribution in [3.63, 3.8) is 0 Å². The largest absolute Gasteiger partial charge is 0.447 e. The van der Waals surface area contributed by atoms with E-state index in [0.717, 1.165) is 26.2 Å². The minimum Gasteiger partial charge on any atom is -0.447 e. The van der Waals surface area contributed by atoms with Crippen LogP contribution in [-0.2, 0) is 9.53 Å². The van der Waals surface area contributed by atoms with Crippen molar-refractivity contribution >= 4 is 17.7 Å². The Morgan fingerprint density at radius 3 is 2.52 bits per heavy atom. The average molecular weight is 317 g/mol. The first-order valence-corrected chi connectivity index (χ1v) is 8.07. The van der Waals surface area contributed by atoms with Crippen LogP contribution in [-0.4, -0.2) is 67.7 Å². The Hall–Kier alpha value is -2.08. The van der Waals surface area contributed by atoms with Gasteiger partial charge in [-0.2, -0.15) is 0 Å². The third-order valence-corrected chi connectivity index (χ3v) is 4.71. The van der Waals surface area contributed by atoms with Crippen molar-refractivity contribution in [2.75, 3.05) is 50.8 Å². The van der Waals surface area contributed by atoms with Gasteiger partial charge >= 0.3 is 6.09 Å². The summed E-state index contributed by atoms with van der Waals surface area (Å²) in [4.78, 5) is 29.2. The fraction of sp³-hybridized carbons (Fsp3) is 0.529. The number of amides is 2. The van der Waals surface area contributed by atoms with Crippen LogP contribution in [0.4, 0.5) is 10.5 Å². The molecule has 2 saturated heterocycles. The highest BCUT2D eigenvalue weighted by molar-refractivity contribution is 5.94.